The zero-order valence-electron chi connectivity index (χ0n) is 8.54. The van der Waals surface area contributed by atoms with Gasteiger partial charge in [-0.05, 0) is 12.3 Å². The summed E-state index contributed by atoms with van der Waals surface area (Å²) >= 11 is 0. The lowest BCUT2D eigenvalue weighted by molar-refractivity contribution is -0.142. The Morgan fingerprint density at radius 1 is 1.54 bits per heavy atom. The second kappa shape index (κ2) is 4.01. The van der Waals surface area contributed by atoms with Crippen molar-refractivity contribution in [1.29, 1.82) is 0 Å². The Bertz CT molecular complexity index is 198. The average Bonchev–Trinajstić information content (AvgIpc) is 2.45. The van der Waals surface area contributed by atoms with Crippen molar-refractivity contribution in [3.05, 3.63) is 12.0 Å². The van der Waals surface area contributed by atoms with Crippen LogP contribution in [0.15, 0.2) is 12.0 Å². The molecule has 0 aromatic carbocycles. The van der Waals surface area contributed by atoms with Crippen molar-refractivity contribution in [3.8, 4) is 0 Å². The summed E-state index contributed by atoms with van der Waals surface area (Å²) in [6, 6.07) is 0. The first kappa shape index (κ1) is 10.4. The van der Waals surface area contributed by atoms with E-state index in [-0.39, 0.29) is 6.61 Å². The minimum atomic E-state index is -0.553. The van der Waals surface area contributed by atoms with Crippen molar-refractivity contribution in [1.82, 2.24) is 0 Å². The van der Waals surface area contributed by atoms with Gasteiger partial charge < -0.3 is 14.6 Å². The average molecular weight is 186 g/mol. The molecule has 1 heterocycles. The molecule has 76 valence electrons. The van der Waals surface area contributed by atoms with Crippen molar-refractivity contribution in [2.24, 2.45) is 5.92 Å². The molecule has 0 aliphatic carbocycles. The quantitative estimate of drug-likeness (QED) is 0.730. The van der Waals surface area contributed by atoms with Crippen LogP contribution >= 0.6 is 0 Å². The topological polar surface area (TPSA) is 38.7 Å². The molecule has 1 N–H and O–H groups in total. The molecule has 3 nitrogen and oxygen atoms in total. The van der Waals surface area contributed by atoms with E-state index < -0.39 is 5.79 Å². The van der Waals surface area contributed by atoms with E-state index in [1.807, 2.05) is 6.92 Å². The molecule has 0 aromatic heterocycles. The van der Waals surface area contributed by atoms with Gasteiger partial charge in [-0.3, -0.25) is 0 Å². The molecular formula is C10H18O3. The van der Waals surface area contributed by atoms with Gasteiger partial charge in [0.15, 0.2) is 5.76 Å². The fourth-order valence-corrected chi connectivity index (χ4v) is 1.25. The van der Waals surface area contributed by atoms with Crippen molar-refractivity contribution in [2.75, 3.05) is 6.61 Å². The number of rotatable bonds is 4. The third-order valence-electron chi connectivity index (χ3n) is 2.12. The minimum Gasteiger partial charge on any atom is -0.457 e. The van der Waals surface area contributed by atoms with Crippen LogP contribution in [0.4, 0.5) is 0 Å². The Morgan fingerprint density at radius 2 is 2.23 bits per heavy atom. The first-order valence-electron chi connectivity index (χ1n) is 4.72. The van der Waals surface area contributed by atoms with Gasteiger partial charge in [0.05, 0.1) is 0 Å². The standard InChI is InChI=1S/C10H18O3/c1-8(2)4-5-10(3)12-7-9(6-11)13-10/h7-8,11H,4-6H2,1-3H3. The van der Waals surface area contributed by atoms with E-state index in [0.717, 1.165) is 12.8 Å². The largest absolute Gasteiger partial charge is 0.457 e. The molecule has 1 aliphatic heterocycles. The molecule has 0 amide bonds. The number of hydrogen-bond acceptors (Lipinski definition) is 3. The molecule has 0 saturated heterocycles. The van der Waals surface area contributed by atoms with E-state index in [0.29, 0.717) is 11.7 Å². The van der Waals surface area contributed by atoms with Gasteiger partial charge in [0, 0.05) is 13.3 Å². The molecule has 0 spiro atoms. The van der Waals surface area contributed by atoms with Crippen molar-refractivity contribution < 1.29 is 14.6 Å². The smallest absolute Gasteiger partial charge is 0.247 e. The normalized spacial score (nSPS) is 27.0. The first-order valence-corrected chi connectivity index (χ1v) is 4.72. The molecular weight excluding hydrogens is 168 g/mol. The molecule has 1 aliphatic rings. The predicted octanol–water partition coefficient (Wildman–Crippen LogP) is 2.02. The number of aliphatic hydroxyl groups is 1. The van der Waals surface area contributed by atoms with Crippen LogP contribution < -0.4 is 0 Å². The van der Waals surface area contributed by atoms with Gasteiger partial charge in [-0.2, -0.15) is 0 Å². The zero-order valence-corrected chi connectivity index (χ0v) is 8.54. The Morgan fingerprint density at radius 3 is 2.69 bits per heavy atom. The third-order valence-corrected chi connectivity index (χ3v) is 2.12. The van der Waals surface area contributed by atoms with Crippen LogP contribution in [0.3, 0.4) is 0 Å². The maximum atomic E-state index is 8.80. The predicted molar refractivity (Wildman–Crippen MR) is 49.8 cm³/mol. The summed E-state index contributed by atoms with van der Waals surface area (Å²) in [6.45, 7) is 6.14. The van der Waals surface area contributed by atoms with Gasteiger partial charge in [0.2, 0.25) is 5.79 Å². The third kappa shape index (κ3) is 2.92. The Kier molecular flexibility index (Phi) is 3.20. The van der Waals surface area contributed by atoms with Gasteiger partial charge in [-0.1, -0.05) is 13.8 Å². The van der Waals surface area contributed by atoms with Crippen molar-refractivity contribution in [3.63, 3.8) is 0 Å². The zero-order chi connectivity index (χ0) is 9.90. The number of aliphatic hydroxyl groups excluding tert-OH is 1. The van der Waals surface area contributed by atoms with Crippen LogP contribution in [0.5, 0.6) is 0 Å². The van der Waals surface area contributed by atoms with E-state index in [2.05, 4.69) is 13.8 Å². The Balaban J connectivity index is 2.35. The van der Waals surface area contributed by atoms with Gasteiger partial charge in [0.25, 0.3) is 0 Å². The summed E-state index contributed by atoms with van der Waals surface area (Å²) in [7, 11) is 0. The monoisotopic (exact) mass is 186 g/mol. The van der Waals surface area contributed by atoms with E-state index >= 15 is 0 Å². The lowest BCUT2D eigenvalue weighted by Gasteiger charge is -2.24. The van der Waals surface area contributed by atoms with Gasteiger partial charge in [-0.25, -0.2) is 0 Å². The molecule has 0 bridgehead atoms. The minimum absolute atomic E-state index is 0.0860. The first-order chi connectivity index (χ1) is 6.06. The summed E-state index contributed by atoms with van der Waals surface area (Å²) in [4.78, 5) is 0. The van der Waals surface area contributed by atoms with E-state index in [9.17, 15) is 0 Å². The molecule has 0 fully saturated rings. The van der Waals surface area contributed by atoms with Crippen LogP contribution in [0.1, 0.15) is 33.6 Å². The highest BCUT2D eigenvalue weighted by Gasteiger charge is 2.32. The maximum Gasteiger partial charge on any atom is 0.247 e. The van der Waals surface area contributed by atoms with Gasteiger partial charge in [0.1, 0.15) is 12.9 Å². The van der Waals surface area contributed by atoms with Crippen LogP contribution in [0.2, 0.25) is 0 Å². The molecule has 0 aromatic rings. The molecule has 1 atom stereocenters. The SMILES string of the molecule is CC(C)CCC1(C)OC=C(CO)O1. The summed E-state index contributed by atoms with van der Waals surface area (Å²) in [5, 5.41) is 8.80. The van der Waals surface area contributed by atoms with Crippen LogP contribution in [-0.2, 0) is 9.47 Å². The Hall–Kier alpha value is -0.700. The van der Waals surface area contributed by atoms with Crippen LogP contribution in [0.25, 0.3) is 0 Å². The molecule has 1 rings (SSSR count). The number of ether oxygens (including phenoxy) is 2. The highest BCUT2D eigenvalue weighted by Crippen LogP contribution is 2.30. The molecule has 1 unspecified atom stereocenters. The second-order valence-corrected chi connectivity index (χ2v) is 4.03. The fourth-order valence-electron chi connectivity index (χ4n) is 1.25. The lowest BCUT2D eigenvalue weighted by atomic mass is 10.0. The maximum absolute atomic E-state index is 8.80. The number of hydrogen-bond donors (Lipinski definition) is 1. The Labute approximate surface area is 79.3 Å². The molecule has 3 heteroatoms. The fraction of sp³-hybridized carbons (Fsp3) is 0.800. The summed E-state index contributed by atoms with van der Waals surface area (Å²) in [5.74, 6) is 0.607. The van der Waals surface area contributed by atoms with Gasteiger partial charge >= 0.3 is 0 Å². The molecule has 13 heavy (non-hydrogen) atoms. The lowest BCUT2D eigenvalue weighted by Crippen LogP contribution is -2.26. The summed E-state index contributed by atoms with van der Waals surface area (Å²) < 4.78 is 10.8. The van der Waals surface area contributed by atoms with E-state index in [1.54, 1.807) is 0 Å². The summed E-state index contributed by atoms with van der Waals surface area (Å²) in [5.41, 5.74) is 0. The highest BCUT2D eigenvalue weighted by atomic mass is 16.7. The van der Waals surface area contributed by atoms with Gasteiger partial charge in [-0.15, -0.1) is 0 Å². The second-order valence-electron chi connectivity index (χ2n) is 4.03. The summed E-state index contributed by atoms with van der Waals surface area (Å²) in [6.07, 6.45) is 3.41. The highest BCUT2D eigenvalue weighted by molar-refractivity contribution is 4.95. The van der Waals surface area contributed by atoms with Crippen LogP contribution in [-0.4, -0.2) is 17.5 Å². The van der Waals surface area contributed by atoms with E-state index in [4.69, 9.17) is 14.6 Å². The van der Waals surface area contributed by atoms with Crippen molar-refractivity contribution >= 4 is 0 Å². The molecule has 0 radical (unpaired) electrons. The van der Waals surface area contributed by atoms with Crippen molar-refractivity contribution in [2.45, 2.75) is 39.4 Å². The van der Waals surface area contributed by atoms with E-state index in [1.165, 1.54) is 6.26 Å². The van der Waals surface area contributed by atoms with Crippen LogP contribution in [0, 0.1) is 5.92 Å². The molecule has 0 saturated carbocycles.